The topological polar surface area (TPSA) is 29.3 Å². The van der Waals surface area contributed by atoms with Crippen molar-refractivity contribution in [2.75, 3.05) is 14.1 Å². The molecule has 0 aliphatic heterocycles. The zero-order valence-electron chi connectivity index (χ0n) is 14.2. The second-order valence-electron chi connectivity index (χ2n) is 6.70. The van der Waals surface area contributed by atoms with Gasteiger partial charge in [-0.3, -0.25) is 0 Å². The molecule has 0 spiro atoms. The predicted molar refractivity (Wildman–Crippen MR) is 95.8 cm³/mol. The van der Waals surface area contributed by atoms with Crippen LogP contribution in [0.2, 0.25) is 0 Å². The first-order valence-electron chi connectivity index (χ1n) is 8.05. The van der Waals surface area contributed by atoms with E-state index in [2.05, 4.69) is 81.4 Å². The molecule has 2 rings (SSSR count). The summed E-state index contributed by atoms with van der Waals surface area (Å²) in [6.45, 7) is 5.31. The lowest BCUT2D eigenvalue weighted by Crippen LogP contribution is -2.28. The lowest BCUT2D eigenvalue weighted by atomic mass is 9.94. The number of rotatable bonds is 6. The van der Waals surface area contributed by atoms with Crippen LogP contribution in [0.1, 0.15) is 25.0 Å². The Morgan fingerprint density at radius 2 is 1.59 bits per heavy atom. The maximum atomic E-state index is 6.17. The van der Waals surface area contributed by atoms with Gasteiger partial charge in [0.1, 0.15) is 0 Å². The van der Waals surface area contributed by atoms with Crippen molar-refractivity contribution >= 4 is 0 Å². The van der Waals surface area contributed by atoms with Gasteiger partial charge in [0.2, 0.25) is 0 Å². The van der Waals surface area contributed by atoms with E-state index in [1.165, 1.54) is 22.3 Å². The average molecular weight is 296 g/mol. The average Bonchev–Trinajstić information content (AvgIpc) is 2.48. The molecule has 118 valence electrons. The lowest BCUT2D eigenvalue weighted by Gasteiger charge is -2.17. The molecule has 0 heterocycles. The molecule has 0 saturated carbocycles. The summed E-state index contributed by atoms with van der Waals surface area (Å²) in [5.74, 6) is 0.514. The number of hydrogen-bond acceptors (Lipinski definition) is 2. The van der Waals surface area contributed by atoms with Crippen molar-refractivity contribution in [1.82, 2.24) is 4.90 Å². The molecule has 0 aromatic heterocycles. The summed E-state index contributed by atoms with van der Waals surface area (Å²) in [7, 11) is 4.21. The minimum absolute atomic E-state index is 0.229. The van der Waals surface area contributed by atoms with Crippen molar-refractivity contribution < 1.29 is 0 Å². The number of nitrogens with two attached hydrogens (primary N) is 1. The van der Waals surface area contributed by atoms with Crippen molar-refractivity contribution in [3.8, 4) is 11.1 Å². The molecule has 0 aliphatic rings. The third-order valence-electron chi connectivity index (χ3n) is 4.10. The molecule has 0 fully saturated rings. The summed E-state index contributed by atoms with van der Waals surface area (Å²) >= 11 is 0. The Balaban J connectivity index is 2.20. The van der Waals surface area contributed by atoms with Gasteiger partial charge in [0, 0.05) is 12.6 Å². The van der Waals surface area contributed by atoms with Crippen LogP contribution < -0.4 is 5.73 Å². The minimum Gasteiger partial charge on any atom is -0.327 e. The van der Waals surface area contributed by atoms with Gasteiger partial charge in [0.25, 0.3) is 0 Å². The summed E-state index contributed by atoms with van der Waals surface area (Å²) in [5.41, 5.74) is 11.4. The predicted octanol–water partition coefficient (Wildman–Crippen LogP) is 3.94. The second-order valence-corrected chi connectivity index (χ2v) is 6.70. The summed E-state index contributed by atoms with van der Waals surface area (Å²) in [5, 5.41) is 0. The summed E-state index contributed by atoms with van der Waals surface area (Å²) < 4.78 is 0. The molecule has 0 amide bonds. The Morgan fingerprint density at radius 3 is 2.18 bits per heavy atom. The third kappa shape index (κ3) is 4.43. The van der Waals surface area contributed by atoms with Gasteiger partial charge < -0.3 is 10.6 Å². The zero-order valence-corrected chi connectivity index (χ0v) is 14.2. The first-order valence-corrected chi connectivity index (χ1v) is 8.05. The zero-order chi connectivity index (χ0) is 16.1. The highest BCUT2D eigenvalue weighted by Gasteiger charge is 2.09. The molecule has 2 N–H and O–H groups in total. The van der Waals surface area contributed by atoms with E-state index in [0.29, 0.717) is 5.92 Å². The largest absolute Gasteiger partial charge is 0.327 e. The lowest BCUT2D eigenvalue weighted by molar-refractivity contribution is 0.403. The van der Waals surface area contributed by atoms with E-state index in [1.807, 2.05) is 0 Å². The van der Waals surface area contributed by atoms with Crippen molar-refractivity contribution in [2.45, 2.75) is 32.9 Å². The van der Waals surface area contributed by atoms with Gasteiger partial charge >= 0.3 is 0 Å². The molecule has 2 heteroatoms. The normalized spacial score (nSPS) is 12.9. The molecule has 2 aromatic rings. The number of benzene rings is 2. The van der Waals surface area contributed by atoms with E-state index in [4.69, 9.17) is 5.73 Å². The minimum atomic E-state index is 0.229. The van der Waals surface area contributed by atoms with Crippen LogP contribution in [0, 0.1) is 5.92 Å². The molecule has 0 aliphatic carbocycles. The maximum Gasteiger partial charge on any atom is 0.0233 e. The molecule has 22 heavy (non-hydrogen) atoms. The molecule has 1 atom stereocenters. The van der Waals surface area contributed by atoms with E-state index in [0.717, 1.165) is 13.0 Å². The molecule has 0 bridgehead atoms. The summed E-state index contributed by atoms with van der Waals surface area (Å²) in [6, 6.07) is 17.7. The fraction of sp³-hybridized carbons (Fsp3) is 0.400. The van der Waals surface area contributed by atoms with E-state index in [-0.39, 0.29) is 6.04 Å². The van der Waals surface area contributed by atoms with Gasteiger partial charge in [0.05, 0.1) is 0 Å². The van der Waals surface area contributed by atoms with Crippen LogP contribution in [-0.2, 0) is 13.0 Å². The van der Waals surface area contributed by atoms with Crippen LogP contribution in [0.3, 0.4) is 0 Å². The molecule has 1 unspecified atom stereocenters. The van der Waals surface area contributed by atoms with Crippen molar-refractivity contribution in [1.29, 1.82) is 0 Å². The maximum absolute atomic E-state index is 6.17. The standard InChI is InChI=1S/C20H28N2/c1-15(2)20(21)13-16-9-11-17(12-10-16)19-8-6-5-7-18(19)14-22(3)4/h5-12,15,20H,13-14,21H2,1-4H3. The first-order chi connectivity index (χ1) is 10.5. The van der Waals surface area contributed by atoms with Crippen LogP contribution in [-0.4, -0.2) is 25.0 Å². The summed E-state index contributed by atoms with van der Waals surface area (Å²) in [4.78, 5) is 2.20. The van der Waals surface area contributed by atoms with E-state index >= 15 is 0 Å². The molecule has 2 nitrogen and oxygen atoms in total. The molecule has 0 saturated heterocycles. The molecule has 2 aromatic carbocycles. The molecular weight excluding hydrogens is 268 g/mol. The van der Waals surface area contributed by atoms with Crippen LogP contribution in [0.15, 0.2) is 48.5 Å². The van der Waals surface area contributed by atoms with Gasteiger partial charge in [-0.2, -0.15) is 0 Å². The Kier molecular flexibility index (Phi) is 5.76. The van der Waals surface area contributed by atoms with Gasteiger partial charge in [-0.25, -0.2) is 0 Å². The van der Waals surface area contributed by atoms with Crippen LogP contribution in [0.25, 0.3) is 11.1 Å². The highest BCUT2D eigenvalue weighted by molar-refractivity contribution is 5.67. The highest BCUT2D eigenvalue weighted by Crippen LogP contribution is 2.25. The van der Waals surface area contributed by atoms with Crippen molar-refractivity contribution in [3.05, 3.63) is 59.7 Å². The van der Waals surface area contributed by atoms with E-state index in [1.54, 1.807) is 0 Å². The number of hydrogen-bond donors (Lipinski definition) is 1. The quantitative estimate of drug-likeness (QED) is 0.875. The SMILES string of the molecule is CC(C)C(N)Cc1ccc(-c2ccccc2CN(C)C)cc1. The van der Waals surface area contributed by atoms with Crippen molar-refractivity contribution in [3.63, 3.8) is 0 Å². The summed E-state index contributed by atoms with van der Waals surface area (Å²) in [6.07, 6.45) is 0.942. The smallest absolute Gasteiger partial charge is 0.0233 e. The Labute approximate surface area is 135 Å². The van der Waals surface area contributed by atoms with Crippen LogP contribution in [0.5, 0.6) is 0 Å². The monoisotopic (exact) mass is 296 g/mol. The van der Waals surface area contributed by atoms with Gasteiger partial charge in [-0.15, -0.1) is 0 Å². The second kappa shape index (κ2) is 7.57. The van der Waals surface area contributed by atoms with Gasteiger partial charge in [0.15, 0.2) is 0 Å². The fourth-order valence-corrected chi connectivity index (χ4v) is 2.61. The van der Waals surface area contributed by atoms with Gasteiger partial charge in [-0.05, 0) is 48.7 Å². The fourth-order valence-electron chi connectivity index (χ4n) is 2.61. The van der Waals surface area contributed by atoms with Crippen LogP contribution in [0.4, 0.5) is 0 Å². The van der Waals surface area contributed by atoms with Crippen LogP contribution >= 0.6 is 0 Å². The first kappa shape index (κ1) is 16.7. The Morgan fingerprint density at radius 1 is 0.955 bits per heavy atom. The Hall–Kier alpha value is -1.64. The third-order valence-corrected chi connectivity index (χ3v) is 4.10. The Bertz CT molecular complexity index is 585. The highest BCUT2D eigenvalue weighted by atomic mass is 15.0. The van der Waals surface area contributed by atoms with Crippen molar-refractivity contribution in [2.24, 2.45) is 11.7 Å². The van der Waals surface area contributed by atoms with E-state index < -0.39 is 0 Å². The van der Waals surface area contributed by atoms with E-state index in [9.17, 15) is 0 Å². The van der Waals surface area contributed by atoms with Gasteiger partial charge in [-0.1, -0.05) is 62.4 Å². The molecular formula is C20H28N2. The molecule has 0 radical (unpaired) electrons. The number of nitrogens with zero attached hydrogens (tertiary/aromatic N) is 1.